The molecule has 0 bridgehead atoms. The molecule has 26 heavy (non-hydrogen) atoms. The summed E-state index contributed by atoms with van der Waals surface area (Å²) in [6.45, 7) is 12.3. The van der Waals surface area contributed by atoms with Crippen molar-refractivity contribution >= 4 is 11.8 Å². The van der Waals surface area contributed by atoms with Gasteiger partial charge in [0.05, 0.1) is 0 Å². The second-order valence-corrected chi connectivity index (χ2v) is 8.70. The van der Waals surface area contributed by atoms with Gasteiger partial charge in [0.1, 0.15) is 6.04 Å². The van der Waals surface area contributed by atoms with Gasteiger partial charge in [0.15, 0.2) is 0 Å². The zero-order chi connectivity index (χ0) is 19.5. The van der Waals surface area contributed by atoms with Gasteiger partial charge < -0.3 is 16.0 Å². The lowest BCUT2D eigenvalue weighted by molar-refractivity contribution is -0.133. The summed E-state index contributed by atoms with van der Waals surface area (Å²) in [4.78, 5) is 27.4. The van der Waals surface area contributed by atoms with Crippen molar-refractivity contribution in [3.63, 3.8) is 0 Å². The van der Waals surface area contributed by atoms with Crippen LogP contribution in [-0.2, 0) is 10.2 Å². The maximum Gasteiger partial charge on any atom is 0.251 e. The van der Waals surface area contributed by atoms with Gasteiger partial charge in [0.2, 0.25) is 5.91 Å². The van der Waals surface area contributed by atoms with Crippen LogP contribution in [0.1, 0.15) is 57.0 Å². The first-order chi connectivity index (χ1) is 12.1. The van der Waals surface area contributed by atoms with Crippen LogP contribution in [-0.4, -0.2) is 42.4 Å². The van der Waals surface area contributed by atoms with Crippen LogP contribution in [0.3, 0.4) is 0 Å². The zero-order valence-electron chi connectivity index (χ0n) is 16.7. The monoisotopic (exact) mass is 359 g/mol. The van der Waals surface area contributed by atoms with Gasteiger partial charge in [-0.05, 0) is 47.9 Å². The first kappa shape index (κ1) is 20.4. The van der Waals surface area contributed by atoms with E-state index < -0.39 is 6.04 Å². The van der Waals surface area contributed by atoms with Crippen molar-refractivity contribution in [1.29, 1.82) is 0 Å². The Balaban J connectivity index is 2.07. The number of hydrogen-bond acceptors (Lipinski definition) is 3. The largest absolute Gasteiger partial charge is 0.341 e. The highest BCUT2D eigenvalue weighted by molar-refractivity contribution is 5.97. The summed E-state index contributed by atoms with van der Waals surface area (Å²) in [5.74, 6) is 0.187. The van der Waals surface area contributed by atoms with Crippen LogP contribution >= 0.6 is 0 Å². The molecule has 1 aliphatic heterocycles. The standard InChI is InChI=1S/C21H33N3O2/c1-14(2)18(20(26)24-11-10-15(12-22)13-24)23-19(25)16-6-8-17(9-7-16)21(3,4)5/h6-9,14-15,18H,10-13,22H2,1-5H3,(H,23,25). The Hall–Kier alpha value is -1.88. The van der Waals surface area contributed by atoms with Crippen molar-refractivity contribution < 1.29 is 9.59 Å². The lowest BCUT2D eigenvalue weighted by atomic mass is 9.86. The van der Waals surface area contributed by atoms with E-state index in [1.54, 1.807) is 0 Å². The summed E-state index contributed by atoms with van der Waals surface area (Å²) in [6, 6.07) is 7.11. The maximum absolute atomic E-state index is 12.9. The van der Waals surface area contributed by atoms with Crippen molar-refractivity contribution in [1.82, 2.24) is 10.2 Å². The van der Waals surface area contributed by atoms with Gasteiger partial charge >= 0.3 is 0 Å². The zero-order valence-corrected chi connectivity index (χ0v) is 16.7. The summed E-state index contributed by atoms with van der Waals surface area (Å²) in [5.41, 5.74) is 7.52. The Bertz CT molecular complexity index is 632. The molecule has 3 N–H and O–H groups in total. The van der Waals surface area contributed by atoms with Crippen LogP contribution in [0.4, 0.5) is 0 Å². The molecule has 2 rings (SSSR count). The smallest absolute Gasteiger partial charge is 0.251 e. The molecule has 144 valence electrons. The van der Waals surface area contributed by atoms with Crippen molar-refractivity contribution in [2.75, 3.05) is 19.6 Å². The molecule has 1 aliphatic rings. The van der Waals surface area contributed by atoms with E-state index in [1.165, 1.54) is 5.56 Å². The molecule has 0 saturated carbocycles. The normalized spacial score (nSPS) is 18.9. The second-order valence-electron chi connectivity index (χ2n) is 8.70. The number of benzene rings is 1. The molecule has 0 aliphatic carbocycles. The lowest BCUT2D eigenvalue weighted by Crippen LogP contribution is -2.50. The molecule has 1 saturated heterocycles. The predicted octanol–water partition coefficient (Wildman–Crippen LogP) is 2.55. The molecule has 1 fully saturated rings. The van der Waals surface area contributed by atoms with E-state index in [9.17, 15) is 9.59 Å². The molecule has 1 heterocycles. The van der Waals surface area contributed by atoms with Gasteiger partial charge in [0, 0.05) is 18.7 Å². The number of hydrogen-bond donors (Lipinski definition) is 2. The third kappa shape index (κ3) is 4.85. The van der Waals surface area contributed by atoms with Crippen molar-refractivity contribution in [2.45, 2.75) is 52.5 Å². The number of nitrogens with zero attached hydrogens (tertiary/aromatic N) is 1. The van der Waals surface area contributed by atoms with Crippen molar-refractivity contribution in [3.05, 3.63) is 35.4 Å². The Morgan fingerprint density at radius 1 is 1.23 bits per heavy atom. The topological polar surface area (TPSA) is 75.4 Å². The SMILES string of the molecule is CC(C)C(NC(=O)c1ccc(C(C)(C)C)cc1)C(=O)N1CCC(CN)C1. The number of carbonyl (C=O) groups excluding carboxylic acids is 2. The number of rotatable bonds is 5. The number of likely N-dealkylation sites (tertiary alicyclic amines) is 1. The third-order valence-electron chi connectivity index (χ3n) is 5.16. The maximum atomic E-state index is 12.9. The molecule has 0 aromatic heterocycles. The Kier molecular flexibility index (Phi) is 6.45. The van der Waals surface area contributed by atoms with E-state index in [0.29, 0.717) is 24.6 Å². The predicted molar refractivity (Wildman–Crippen MR) is 105 cm³/mol. The molecular weight excluding hydrogens is 326 g/mol. The third-order valence-corrected chi connectivity index (χ3v) is 5.16. The summed E-state index contributed by atoms with van der Waals surface area (Å²) < 4.78 is 0. The van der Waals surface area contributed by atoms with Crippen LogP contribution in [0, 0.1) is 11.8 Å². The summed E-state index contributed by atoms with van der Waals surface area (Å²) >= 11 is 0. The molecule has 0 spiro atoms. The first-order valence-electron chi connectivity index (χ1n) is 9.53. The lowest BCUT2D eigenvalue weighted by Gasteiger charge is -2.27. The van der Waals surface area contributed by atoms with E-state index in [4.69, 9.17) is 5.73 Å². The highest BCUT2D eigenvalue weighted by Crippen LogP contribution is 2.22. The van der Waals surface area contributed by atoms with Gasteiger partial charge in [-0.3, -0.25) is 9.59 Å². The van der Waals surface area contributed by atoms with E-state index in [2.05, 4.69) is 26.1 Å². The highest BCUT2D eigenvalue weighted by Gasteiger charge is 2.33. The molecular formula is C21H33N3O2. The molecule has 1 aromatic rings. The molecule has 2 amide bonds. The molecule has 2 unspecified atom stereocenters. The number of amides is 2. The Morgan fingerprint density at radius 3 is 2.31 bits per heavy atom. The Labute approximate surface area is 157 Å². The number of carbonyl (C=O) groups is 2. The molecule has 5 nitrogen and oxygen atoms in total. The van der Waals surface area contributed by atoms with E-state index in [0.717, 1.165) is 13.0 Å². The van der Waals surface area contributed by atoms with E-state index in [-0.39, 0.29) is 23.1 Å². The van der Waals surface area contributed by atoms with Crippen LogP contribution in [0.5, 0.6) is 0 Å². The van der Waals surface area contributed by atoms with E-state index in [1.807, 2.05) is 43.0 Å². The van der Waals surface area contributed by atoms with Crippen LogP contribution in [0.15, 0.2) is 24.3 Å². The summed E-state index contributed by atoms with van der Waals surface area (Å²) in [6.07, 6.45) is 0.940. The molecule has 0 radical (unpaired) electrons. The van der Waals surface area contributed by atoms with Gasteiger partial charge in [-0.2, -0.15) is 0 Å². The molecule has 2 atom stereocenters. The molecule has 5 heteroatoms. The fourth-order valence-electron chi connectivity index (χ4n) is 3.28. The van der Waals surface area contributed by atoms with Gasteiger partial charge in [-0.15, -0.1) is 0 Å². The van der Waals surface area contributed by atoms with Gasteiger partial charge in [-0.1, -0.05) is 46.8 Å². The average Bonchev–Trinajstić information content (AvgIpc) is 3.07. The van der Waals surface area contributed by atoms with Crippen LogP contribution < -0.4 is 11.1 Å². The van der Waals surface area contributed by atoms with Crippen LogP contribution in [0.25, 0.3) is 0 Å². The fourth-order valence-corrected chi connectivity index (χ4v) is 3.28. The number of nitrogens with two attached hydrogens (primary N) is 1. The minimum Gasteiger partial charge on any atom is -0.341 e. The fraction of sp³-hybridized carbons (Fsp3) is 0.619. The quantitative estimate of drug-likeness (QED) is 0.848. The number of nitrogens with one attached hydrogen (secondary N) is 1. The minimum atomic E-state index is -0.513. The summed E-state index contributed by atoms with van der Waals surface area (Å²) in [5, 5.41) is 2.94. The Morgan fingerprint density at radius 2 is 1.85 bits per heavy atom. The van der Waals surface area contributed by atoms with Crippen molar-refractivity contribution in [2.24, 2.45) is 17.6 Å². The second kappa shape index (κ2) is 8.21. The highest BCUT2D eigenvalue weighted by atomic mass is 16.2. The van der Waals surface area contributed by atoms with Gasteiger partial charge in [0.25, 0.3) is 5.91 Å². The average molecular weight is 360 g/mol. The van der Waals surface area contributed by atoms with Crippen molar-refractivity contribution in [3.8, 4) is 0 Å². The first-order valence-corrected chi connectivity index (χ1v) is 9.53. The minimum absolute atomic E-state index is 0.00406. The van der Waals surface area contributed by atoms with Crippen LogP contribution in [0.2, 0.25) is 0 Å². The van der Waals surface area contributed by atoms with Gasteiger partial charge in [-0.25, -0.2) is 0 Å². The summed E-state index contributed by atoms with van der Waals surface area (Å²) in [7, 11) is 0. The van der Waals surface area contributed by atoms with E-state index >= 15 is 0 Å². The molecule has 1 aromatic carbocycles.